The summed E-state index contributed by atoms with van der Waals surface area (Å²) >= 11 is 5.99. The van der Waals surface area contributed by atoms with Crippen LogP contribution in [0, 0.1) is 0 Å². The van der Waals surface area contributed by atoms with Crippen molar-refractivity contribution >= 4 is 23.2 Å². The number of hydrogen-bond acceptors (Lipinski definition) is 5. The maximum atomic E-state index is 12.4. The van der Waals surface area contributed by atoms with Gasteiger partial charge >= 0.3 is 0 Å². The van der Waals surface area contributed by atoms with Crippen LogP contribution >= 0.6 is 11.6 Å². The smallest absolute Gasteiger partial charge is 0.249 e. The van der Waals surface area contributed by atoms with Gasteiger partial charge < -0.3 is 9.64 Å². The second-order valence-electron chi connectivity index (χ2n) is 4.55. The van der Waals surface area contributed by atoms with Crippen molar-refractivity contribution in [2.75, 3.05) is 11.4 Å². The molecule has 2 heterocycles. The quantitative estimate of drug-likeness (QED) is 0.830. The predicted molar refractivity (Wildman–Crippen MR) is 71.7 cm³/mol. The van der Waals surface area contributed by atoms with E-state index in [0.29, 0.717) is 23.0 Å². The van der Waals surface area contributed by atoms with Crippen LogP contribution in [0.2, 0.25) is 5.02 Å². The number of anilines is 1. The van der Waals surface area contributed by atoms with E-state index in [1.165, 1.54) is 11.0 Å². The molecule has 1 amide bonds. The Hall–Kier alpha value is -2.15. The number of benzene rings is 1. The lowest BCUT2D eigenvalue weighted by atomic mass is 10.2. The summed E-state index contributed by atoms with van der Waals surface area (Å²) in [4.78, 5) is 14.0. The summed E-state index contributed by atoms with van der Waals surface area (Å²) in [6.45, 7) is 2.45. The molecular formula is C12H12ClN5O2. The van der Waals surface area contributed by atoms with Crippen LogP contribution in [0.5, 0.6) is 5.75 Å². The molecule has 7 nitrogen and oxygen atoms in total. The van der Waals surface area contributed by atoms with E-state index in [0.717, 1.165) is 0 Å². The van der Waals surface area contributed by atoms with E-state index in [9.17, 15) is 4.79 Å². The molecule has 1 aromatic heterocycles. The van der Waals surface area contributed by atoms with Gasteiger partial charge in [0.2, 0.25) is 5.91 Å². The Balaban J connectivity index is 1.89. The SMILES string of the molecule is C[C@@H]1CN(C(=O)Cn2cnnn2)c2cc(Cl)ccc2O1. The molecule has 1 atom stereocenters. The first-order valence-electron chi connectivity index (χ1n) is 6.11. The molecule has 2 aromatic rings. The van der Waals surface area contributed by atoms with Crippen LogP contribution in [0.25, 0.3) is 0 Å². The highest BCUT2D eigenvalue weighted by Crippen LogP contribution is 2.35. The number of carbonyl (C=O) groups excluding carboxylic acids is 1. The van der Waals surface area contributed by atoms with Gasteiger partial charge in [-0.2, -0.15) is 0 Å². The van der Waals surface area contributed by atoms with Crippen molar-refractivity contribution in [1.82, 2.24) is 20.2 Å². The number of hydrogen-bond donors (Lipinski definition) is 0. The summed E-state index contributed by atoms with van der Waals surface area (Å²) in [7, 11) is 0. The molecule has 104 valence electrons. The first-order chi connectivity index (χ1) is 9.63. The molecule has 0 fully saturated rings. The van der Waals surface area contributed by atoms with Crippen LogP contribution in [-0.4, -0.2) is 38.8 Å². The number of amides is 1. The summed E-state index contributed by atoms with van der Waals surface area (Å²) in [5.41, 5.74) is 0.675. The molecule has 1 aromatic carbocycles. The predicted octanol–water partition coefficient (Wildman–Crippen LogP) is 1.14. The molecule has 0 N–H and O–H groups in total. The zero-order chi connectivity index (χ0) is 14.1. The van der Waals surface area contributed by atoms with E-state index in [1.807, 2.05) is 6.92 Å². The van der Waals surface area contributed by atoms with Crippen LogP contribution in [0.3, 0.4) is 0 Å². The zero-order valence-corrected chi connectivity index (χ0v) is 11.5. The van der Waals surface area contributed by atoms with Crippen molar-refractivity contribution in [2.24, 2.45) is 0 Å². The Morgan fingerprint density at radius 2 is 2.40 bits per heavy atom. The topological polar surface area (TPSA) is 73.1 Å². The summed E-state index contributed by atoms with van der Waals surface area (Å²) in [5.74, 6) is 0.536. The fourth-order valence-electron chi connectivity index (χ4n) is 2.12. The van der Waals surface area contributed by atoms with Crippen molar-refractivity contribution in [3.63, 3.8) is 0 Å². The van der Waals surface area contributed by atoms with E-state index in [-0.39, 0.29) is 18.6 Å². The number of carbonyl (C=O) groups is 1. The third-order valence-electron chi connectivity index (χ3n) is 2.97. The molecule has 1 aliphatic heterocycles. The molecule has 20 heavy (non-hydrogen) atoms. The average Bonchev–Trinajstić information content (AvgIpc) is 2.91. The lowest BCUT2D eigenvalue weighted by Gasteiger charge is -2.33. The van der Waals surface area contributed by atoms with Gasteiger partial charge in [0.1, 0.15) is 24.7 Å². The van der Waals surface area contributed by atoms with Gasteiger partial charge in [0.25, 0.3) is 0 Å². The molecule has 0 radical (unpaired) electrons. The van der Waals surface area contributed by atoms with Crippen LogP contribution in [0.4, 0.5) is 5.69 Å². The van der Waals surface area contributed by atoms with Gasteiger partial charge in [0.05, 0.1) is 12.2 Å². The molecule has 0 saturated carbocycles. The Labute approximate surface area is 120 Å². The molecule has 1 aliphatic rings. The van der Waals surface area contributed by atoms with E-state index >= 15 is 0 Å². The summed E-state index contributed by atoms with van der Waals surface area (Å²) < 4.78 is 7.08. The minimum absolute atomic E-state index is 0.0751. The van der Waals surface area contributed by atoms with E-state index in [4.69, 9.17) is 16.3 Å². The number of ether oxygens (including phenoxy) is 1. The van der Waals surface area contributed by atoms with E-state index in [1.54, 1.807) is 23.1 Å². The molecule has 3 rings (SSSR count). The lowest BCUT2D eigenvalue weighted by molar-refractivity contribution is -0.119. The Morgan fingerprint density at radius 1 is 1.55 bits per heavy atom. The largest absolute Gasteiger partial charge is 0.487 e. The normalized spacial score (nSPS) is 17.5. The van der Waals surface area contributed by atoms with Gasteiger partial charge in [0, 0.05) is 5.02 Å². The van der Waals surface area contributed by atoms with Crippen LogP contribution < -0.4 is 9.64 Å². The number of nitrogens with zero attached hydrogens (tertiary/aromatic N) is 5. The van der Waals surface area contributed by atoms with Gasteiger partial charge in [-0.3, -0.25) is 4.79 Å². The second kappa shape index (κ2) is 5.09. The maximum Gasteiger partial charge on any atom is 0.249 e. The fraction of sp³-hybridized carbons (Fsp3) is 0.333. The second-order valence-corrected chi connectivity index (χ2v) is 4.99. The summed E-state index contributed by atoms with van der Waals surface area (Å²) in [6, 6.07) is 5.23. The van der Waals surface area contributed by atoms with E-state index < -0.39 is 0 Å². The standard InChI is InChI=1S/C12H12ClN5O2/c1-8-5-18(12(19)6-17-7-14-15-16-17)10-4-9(13)2-3-11(10)20-8/h2-4,7-8H,5-6H2,1H3/t8-/m1/s1. The van der Waals surface area contributed by atoms with Crippen molar-refractivity contribution in [2.45, 2.75) is 19.6 Å². The Morgan fingerprint density at radius 3 is 3.15 bits per heavy atom. The molecule has 0 aliphatic carbocycles. The lowest BCUT2D eigenvalue weighted by Crippen LogP contribution is -2.43. The molecule has 0 bridgehead atoms. The van der Waals surface area contributed by atoms with Crippen LogP contribution in [0.1, 0.15) is 6.92 Å². The Bertz CT molecular complexity index is 631. The number of fused-ring (bicyclic) bond motifs is 1. The van der Waals surface area contributed by atoms with Crippen molar-refractivity contribution in [1.29, 1.82) is 0 Å². The molecule has 0 unspecified atom stereocenters. The van der Waals surface area contributed by atoms with Crippen molar-refractivity contribution < 1.29 is 9.53 Å². The molecule has 0 saturated heterocycles. The number of halogens is 1. The van der Waals surface area contributed by atoms with E-state index in [2.05, 4.69) is 15.5 Å². The molecule has 8 heteroatoms. The number of tetrazole rings is 1. The van der Waals surface area contributed by atoms with Crippen molar-refractivity contribution in [3.05, 3.63) is 29.5 Å². The van der Waals surface area contributed by atoms with Gasteiger partial charge in [-0.1, -0.05) is 11.6 Å². The minimum atomic E-state index is -0.115. The maximum absolute atomic E-state index is 12.4. The average molecular weight is 294 g/mol. The molecule has 0 spiro atoms. The number of rotatable bonds is 2. The van der Waals surface area contributed by atoms with Crippen LogP contribution in [0.15, 0.2) is 24.5 Å². The monoisotopic (exact) mass is 293 g/mol. The van der Waals surface area contributed by atoms with Crippen LogP contribution in [-0.2, 0) is 11.3 Å². The van der Waals surface area contributed by atoms with Gasteiger partial charge in [-0.15, -0.1) is 5.10 Å². The third kappa shape index (κ3) is 2.44. The van der Waals surface area contributed by atoms with Gasteiger partial charge in [-0.25, -0.2) is 4.68 Å². The Kier molecular flexibility index (Phi) is 3.27. The first kappa shape index (κ1) is 12.9. The highest BCUT2D eigenvalue weighted by molar-refractivity contribution is 6.31. The summed E-state index contributed by atoms with van der Waals surface area (Å²) in [5, 5.41) is 11.3. The number of aromatic nitrogens is 4. The highest BCUT2D eigenvalue weighted by Gasteiger charge is 2.28. The molecular weight excluding hydrogens is 282 g/mol. The minimum Gasteiger partial charge on any atom is -0.487 e. The van der Waals surface area contributed by atoms with Crippen molar-refractivity contribution in [3.8, 4) is 5.75 Å². The van der Waals surface area contributed by atoms with Gasteiger partial charge in [0.15, 0.2) is 0 Å². The first-order valence-corrected chi connectivity index (χ1v) is 6.48. The third-order valence-corrected chi connectivity index (χ3v) is 3.20. The van der Waals surface area contributed by atoms with Gasteiger partial charge in [-0.05, 0) is 35.5 Å². The summed E-state index contributed by atoms with van der Waals surface area (Å²) in [6.07, 6.45) is 1.32. The zero-order valence-electron chi connectivity index (χ0n) is 10.7. The highest BCUT2D eigenvalue weighted by atomic mass is 35.5. The fourth-order valence-corrected chi connectivity index (χ4v) is 2.29.